The smallest absolute Gasteiger partial charge is 0.238 e. The lowest BCUT2D eigenvalue weighted by Gasteiger charge is -2.37. The second-order valence-corrected chi connectivity index (χ2v) is 5.71. The van der Waals surface area contributed by atoms with Gasteiger partial charge in [0.15, 0.2) is 0 Å². The van der Waals surface area contributed by atoms with E-state index in [0.717, 1.165) is 45.2 Å². The van der Waals surface area contributed by atoms with E-state index in [2.05, 4.69) is 0 Å². The topological polar surface area (TPSA) is 63.4 Å². The van der Waals surface area contributed by atoms with Crippen LogP contribution in [0.2, 0.25) is 0 Å². The Labute approximate surface area is 109 Å². The summed E-state index contributed by atoms with van der Waals surface area (Å²) < 4.78 is 0. The van der Waals surface area contributed by atoms with Crippen molar-refractivity contribution in [1.82, 2.24) is 4.90 Å². The highest BCUT2D eigenvalue weighted by Gasteiger charge is 2.46. The Kier molecular flexibility index (Phi) is 4.25. The number of carbonyl (C=O) groups excluding carboxylic acids is 2. The van der Waals surface area contributed by atoms with Crippen LogP contribution in [0.4, 0.5) is 0 Å². The van der Waals surface area contributed by atoms with Gasteiger partial charge in [-0.15, -0.1) is 0 Å². The number of hydrogen-bond donors (Lipinski definition) is 1. The molecule has 4 heteroatoms. The first-order valence-corrected chi connectivity index (χ1v) is 7.26. The van der Waals surface area contributed by atoms with Crippen LogP contribution in [0.3, 0.4) is 0 Å². The molecule has 2 aliphatic rings. The molecular formula is C14H24N2O2. The number of nitrogens with zero attached hydrogens (tertiary/aromatic N) is 1. The molecule has 2 rings (SSSR count). The fraction of sp³-hybridized carbons (Fsp3) is 0.857. The zero-order valence-electron chi connectivity index (χ0n) is 11.1. The van der Waals surface area contributed by atoms with Crippen molar-refractivity contribution in [2.24, 2.45) is 11.1 Å². The van der Waals surface area contributed by atoms with Crippen LogP contribution in [0.1, 0.15) is 57.8 Å². The average Bonchev–Trinajstić information content (AvgIpc) is 2.67. The molecule has 2 fully saturated rings. The highest BCUT2D eigenvalue weighted by Crippen LogP contribution is 2.38. The van der Waals surface area contributed by atoms with Crippen molar-refractivity contribution in [1.29, 1.82) is 0 Å². The SMILES string of the molecule is NC(=O)C1(C(=O)N2CCCCCC2)CCCCC1. The molecule has 0 bridgehead atoms. The molecule has 1 saturated carbocycles. The van der Waals surface area contributed by atoms with E-state index in [1.54, 1.807) is 0 Å². The van der Waals surface area contributed by atoms with Gasteiger partial charge in [-0.2, -0.15) is 0 Å². The van der Waals surface area contributed by atoms with Crippen LogP contribution in [0.5, 0.6) is 0 Å². The molecule has 0 aromatic carbocycles. The summed E-state index contributed by atoms with van der Waals surface area (Å²) in [6.07, 6.45) is 8.80. The zero-order valence-corrected chi connectivity index (χ0v) is 11.1. The maximum atomic E-state index is 12.7. The molecule has 0 aromatic rings. The summed E-state index contributed by atoms with van der Waals surface area (Å²) in [5, 5.41) is 0. The van der Waals surface area contributed by atoms with Crippen molar-refractivity contribution < 1.29 is 9.59 Å². The van der Waals surface area contributed by atoms with Crippen molar-refractivity contribution in [2.45, 2.75) is 57.8 Å². The number of primary amides is 1. The summed E-state index contributed by atoms with van der Waals surface area (Å²) in [5.41, 5.74) is 4.68. The molecule has 1 saturated heterocycles. The monoisotopic (exact) mass is 252 g/mol. The molecule has 0 spiro atoms. The van der Waals surface area contributed by atoms with E-state index < -0.39 is 11.3 Å². The van der Waals surface area contributed by atoms with Gasteiger partial charge in [0.25, 0.3) is 0 Å². The van der Waals surface area contributed by atoms with Crippen molar-refractivity contribution in [3.63, 3.8) is 0 Å². The lowest BCUT2D eigenvalue weighted by atomic mass is 9.72. The van der Waals surface area contributed by atoms with E-state index in [4.69, 9.17) is 5.73 Å². The summed E-state index contributed by atoms with van der Waals surface area (Å²) in [7, 11) is 0. The second kappa shape index (κ2) is 5.72. The second-order valence-electron chi connectivity index (χ2n) is 5.71. The summed E-state index contributed by atoms with van der Waals surface area (Å²) in [5.74, 6) is -0.395. The van der Waals surface area contributed by atoms with Gasteiger partial charge < -0.3 is 10.6 Å². The lowest BCUT2D eigenvalue weighted by Crippen LogP contribution is -2.52. The van der Waals surface area contributed by atoms with E-state index in [0.29, 0.717) is 12.8 Å². The van der Waals surface area contributed by atoms with Gasteiger partial charge in [0.05, 0.1) is 0 Å². The fourth-order valence-electron chi connectivity index (χ4n) is 3.30. The summed E-state index contributed by atoms with van der Waals surface area (Å²) in [6, 6.07) is 0. The van der Waals surface area contributed by atoms with E-state index in [-0.39, 0.29) is 5.91 Å². The van der Waals surface area contributed by atoms with Gasteiger partial charge in [-0.3, -0.25) is 9.59 Å². The predicted octanol–water partition coefficient (Wildman–Crippen LogP) is 1.82. The lowest BCUT2D eigenvalue weighted by molar-refractivity contribution is -0.151. The molecule has 1 aliphatic heterocycles. The van der Waals surface area contributed by atoms with Gasteiger partial charge in [-0.05, 0) is 25.7 Å². The Morgan fingerprint density at radius 3 is 1.83 bits per heavy atom. The van der Waals surface area contributed by atoms with E-state index >= 15 is 0 Å². The summed E-state index contributed by atoms with van der Waals surface area (Å²) >= 11 is 0. The molecule has 4 nitrogen and oxygen atoms in total. The van der Waals surface area contributed by atoms with Crippen LogP contribution < -0.4 is 5.73 Å². The molecule has 102 valence electrons. The molecule has 18 heavy (non-hydrogen) atoms. The van der Waals surface area contributed by atoms with Crippen LogP contribution in [0.25, 0.3) is 0 Å². The highest BCUT2D eigenvalue weighted by atomic mass is 16.2. The van der Waals surface area contributed by atoms with Crippen molar-refractivity contribution in [3.05, 3.63) is 0 Å². The number of nitrogens with two attached hydrogens (primary N) is 1. The Hall–Kier alpha value is -1.06. The highest BCUT2D eigenvalue weighted by molar-refractivity contribution is 6.04. The average molecular weight is 252 g/mol. The largest absolute Gasteiger partial charge is 0.369 e. The van der Waals surface area contributed by atoms with Gasteiger partial charge in [0.1, 0.15) is 5.41 Å². The van der Waals surface area contributed by atoms with Crippen LogP contribution in [0, 0.1) is 5.41 Å². The molecule has 0 unspecified atom stereocenters. The van der Waals surface area contributed by atoms with Crippen LogP contribution in [0.15, 0.2) is 0 Å². The van der Waals surface area contributed by atoms with Gasteiger partial charge in [-0.25, -0.2) is 0 Å². The molecular weight excluding hydrogens is 228 g/mol. The number of rotatable bonds is 2. The maximum absolute atomic E-state index is 12.7. The molecule has 0 atom stereocenters. The van der Waals surface area contributed by atoms with Gasteiger partial charge in [0.2, 0.25) is 11.8 Å². The standard InChI is InChI=1S/C14H24N2O2/c15-12(17)14(8-4-3-5-9-14)13(18)16-10-6-1-2-7-11-16/h1-11H2,(H2,15,17). The molecule has 2 N–H and O–H groups in total. The maximum Gasteiger partial charge on any atom is 0.238 e. The first-order chi connectivity index (χ1) is 8.67. The van der Waals surface area contributed by atoms with E-state index in [1.807, 2.05) is 4.90 Å². The third kappa shape index (κ3) is 2.52. The summed E-state index contributed by atoms with van der Waals surface area (Å²) in [4.78, 5) is 26.4. The first kappa shape index (κ1) is 13.4. The van der Waals surface area contributed by atoms with Crippen molar-refractivity contribution in [2.75, 3.05) is 13.1 Å². The van der Waals surface area contributed by atoms with E-state index in [1.165, 1.54) is 12.8 Å². The molecule has 1 aliphatic carbocycles. The third-order valence-corrected chi connectivity index (χ3v) is 4.48. The van der Waals surface area contributed by atoms with Crippen LogP contribution in [-0.2, 0) is 9.59 Å². The normalized spacial score (nSPS) is 24.3. The number of hydrogen-bond acceptors (Lipinski definition) is 2. The third-order valence-electron chi connectivity index (χ3n) is 4.48. The van der Waals surface area contributed by atoms with Crippen LogP contribution >= 0.6 is 0 Å². The molecule has 0 radical (unpaired) electrons. The zero-order chi connectivity index (χ0) is 13.0. The Balaban J connectivity index is 2.14. The Morgan fingerprint density at radius 2 is 1.33 bits per heavy atom. The van der Waals surface area contributed by atoms with Gasteiger partial charge in [0, 0.05) is 13.1 Å². The minimum atomic E-state index is -0.886. The first-order valence-electron chi connectivity index (χ1n) is 7.26. The molecule has 0 aromatic heterocycles. The number of carbonyl (C=O) groups is 2. The molecule has 1 heterocycles. The fourth-order valence-corrected chi connectivity index (χ4v) is 3.30. The van der Waals surface area contributed by atoms with E-state index in [9.17, 15) is 9.59 Å². The molecule has 2 amide bonds. The Morgan fingerprint density at radius 1 is 0.833 bits per heavy atom. The minimum Gasteiger partial charge on any atom is -0.369 e. The Bertz CT molecular complexity index is 314. The van der Waals surface area contributed by atoms with Crippen molar-refractivity contribution >= 4 is 11.8 Å². The quantitative estimate of drug-likeness (QED) is 0.762. The number of likely N-dealkylation sites (tertiary alicyclic amines) is 1. The van der Waals surface area contributed by atoms with Crippen molar-refractivity contribution in [3.8, 4) is 0 Å². The van der Waals surface area contributed by atoms with Crippen LogP contribution in [-0.4, -0.2) is 29.8 Å². The minimum absolute atomic E-state index is 0.0107. The summed E-state index contributed by atoms with van der Waals surface area (Å²) in [6.45, 7) is 1.60. The predicted molar refractivity (Wildman–Crippen MR) is 69.8 cm³/mol. The number of amides is 2. The van der Waals surface area contributed by atoms with Gasteiger partial charge >= 0.3 is 0 Å². The van der Waals surface area contributed by atoms with Gasteiger partial charge in [-0.1, -0.05) is 32.1 Å².